The Morgan fingerprint density at radius 1 is 1.17 bits per heavy atom. The number of fused-ring (bicyclic) bond motifs is 1. The van der Waals surface area contributed by atoms with Crippen molar-refractivity contribution in [3.05, 3.63) is 46.4 Å². The molecule has 4 nitrogen and oxygen atoms in total. The largest absolute Gasteiger partial charge is 0.497 e. The summed E-state index contributed by atoms with van der Waals surface area (Å²) in [6.07, 6.45) is 0. The molecule has 0 radical (unpaired) electrons. The van der Waals surface area contributed by atoms with E-state index in [-0.39, 0.29) is 0 Å². The number of ether oxygens (including phenoxy) is 2. The topological polar surface area (TPSA) is 33.7 Å². The second-order valence-corrected chi connectivity index (χ2v) is 7.01. The van der Waals surface area contributed by atoms with Crippen molar-refractivity contribution >= 4 is 33.6 Å². The Balaban J connectivity index is 1.89. The quantitative estimate of drug-likeness (QED) is 0.789. The van der Waals surface area contributed by atoms with Gasteiger partial charge in [0.15, 0.2) is 0 Å². The summed E-state index contributed by atoms with van der Waals surface area (Å²) in [5, 5.41) is 0. The van der Waals surface area contributed by atoms with Gasteiger partial charge in [-0.05, 0) is 57.7 Å². The minimum absolute atomic E-state index is 0.851. The summed E-state index contributed by atoms with van der Waals surface area (Å²) in [6.45, 7) is 2.73. The number of hydrogen-bond acceptors (Lipinski definition) is 5. The van der Waals surface area contributed by atoms with Gasteiger partial charge >= 0.3 is 0 Å². The zero-order chi connectivity index (χ0) is 16.2. The highest BCUT2D eigenvalue weighted by atomic mass is 79.9. The molecular formula is C17H19BrN2O2S. The molecule has 122 valence electrons. The van der Waals surface area contributed by atoms with Gasteiger partial charge < -0.3 is 14.4 Å². The van der Waals surface area contributed by atoms with Crippen LogP contribution in [0.1, 0.15) is 5.56 Å². The standard InChI is InChI=1S/C17H19BrN2O2S/c1-21-13-5-3-12(4-6-13)11-20-8-7-19-23-17-10-16(22-2)14(18)9-15(17)20/h3-6,9-10,19H,7-8,11H2,1-2H3. The minimum Gasteiger partial charge on any atom is -0.497 e. The maximum Gasteiger partial charge on any atom is 0.134 e. The lowest BCUT2D eigenvalue weighted by Gasteiger charge is -2.25. The van der Waals surface area contributed by atoms with E-state index in [1.54, 1.807) is 26.2 Å². The predicted molar refractivity (Wildman–Crippen MR) is 98.6 cm³/mol. The fourth-order valence-electron chi connectivity index (χ4n) is 2.55. The van der Waals surface area contributed by atoms with Crippen molar-refractivity contribution in [1.29, 1.82) is 0 Å². The van der Waals surface area contributed by atoms with Gasteiger partial charge in [0.05, 0.1) is 24.4 Å². The fourth-order valence-corrected chi connectivity index (χ4v) is 3.86. The van der Waals surface area contributed by atoms with E-state index in [4.69, 9.17) is 9.47 Å². The van der Waals surface area contributed by atoms with Gasteiger partial charge in [-0.15, -0.1) is 0 Å². The summed E-state index contributed by atoms with van der Waals surface area (Å²) in [7, 11) is 3.38. The van der Waals surface area contributed by atoms with Crippen LogP contribution in [0.15, 0.2) is 45.8 Å². The summed E-state index contributed by atoms with van der Waals surface area (Å²) in [6, 6.07) is 12.4. The molecule has 2 aromatic rings. The van der Waals surface area contributed by atoms with Crippen molar-refractivity contribution in [2.24, 2.45) is 0 Å². The first-order valence-corrected chi connectivity index (χ1v) is 8.97. The molecule has 0 bridgehead atoms. The molecule has 0 fully saturated rings. The second kappa shape index (κ2) is 7.47. The van der Waals surface area contributed by atoms with Gasteiger partial charge in [-0.1, -0.05) is 12.1 Å². The van der Waals surface area contributed by atoms with Gasteiger partial charge in [0, 0.05) is 24.5 Å². The Morgan fingerprint density at radius 3 is 2.65 bits per heavy atom. The molecule has 1 aliphatic rings. The van der Waals surface area contributed by atoms with Crippen LogP contribution in [0, 0.1) is 0 Å². The van der Waals surface area contributed by atoms with Crippen molar-refractivity contribution in [2.75, 3.05) is 32.2 Å². The molecule has 0 amide bonds. The maximum absolute atomic E-state index is 5.41. The highest BCUT2D eigenvalue weighted by Crippen LogP contribution is 2.39. The Morgan fingerprint density at radius 2 is 1.96 bits per heavy atom. The van der Waals surface area contributed by atoms with Gasteiger partial charge in [0.1, 0.15) is 11.5 Å². The van der Waals surface area contributed by atoms with Crippen LogP contribution in [0.2, 0.25) is 0 Å². The molecule has 0 spiro atoms. The van der Waals surface area contributed by atoms with Crippen molar-refractivity contribution in [3.8, 4) is 11.5 Å². The van der Waals surface area contributed by atoms with Crippen molar-refractivity contribution in [3.63, 3.8) is 0 Å². The first-order chi connectivity index (χ1) is 11.2. The molecule has 0 unspecified atom stereocenters. The first kappa shape index (κ1) is 16.5. The molecule has 3 rings (SSSR count). The van der Waals surface area contributed by atoms with Gasteiger partial charge in [0.2, 0.25) is 0 Å². The second-order valence-electron chi connectivity index (χ2n) is 5.22. The lowest BCUT2D eigenvalue weighted by Crippen LogP contribution is -2.27. The first-order valence-electron chi connectivity index (χ1n) is 7.36. The van der Waals surface area contributed by atoms with Crippen LogP contribution < -0.4 is 19.1 Å². The number of hydrogen-bond donors (Lipinski definition) is 1. The van der Waals surface area contributed by atoms with E-state index >= 15 is 0 Å². The summed E-state index contributed by atoms with van der Waals surface area (Å²) < 4.78 is 15.0. The van der Waals surface area contributed by atoms with E-state index < -0.39 is 0 Å². The number of rotatable bonds is 4. The lowest BCUT2D eigenvalue weighted by atomic mass is 10.2. The van der Waals surface area contributed by atoms with Crippen LogP contribution >= 0.6 is 27.9 Å². The molecule has 0 saturated heterocycles. The Bertz CT molecular complexity index is 679. The Hall–Kier alpha value is -1.37. The summed E-state index contributed by atoms with van der Waals surface area (Å²) >= 11 is 5.25. The Labute approximate surface area is 149 Å². The molecule has 2 aromatic carbocycles. The van der Waals surface area contributed by atoms with E-state index in [9.17, 15) is 0 Å². The summed E-state index contributed by atoms with van der Waals surface area (Å²) in [5.41, 5.74) is 2.47. The molecule has 1 aliphatic heterocycles. The average Bonchev–Trinajstić information content (AvgIpc) is 2.77. The molecular weight excluding hydrogens is 376 g/mol. The number of nitrogens with one attached hydrogen (secondary N) is 1. The Kier molecular flexibility index (Phi) is 5.35. The van der Waals surface area contributed by atoms with E-state index in [0.29, 0.717) is 0 Å². The molecule has 6 heteroatoms. The van der Waals surface area contributed by atoms with E-state index in [1.807, 2.05) is 12.1 Å². The number of methoxy groups -OCH3 is 2. The number of anilines is 1. The predicted octanol–water partition coefficient (Wildman–Crippen LogP) is 4.08. The van der Waals surface area contributed by atoms with Crippen LogP contribution in [0.4, 0.5) is 5.69 Å². The van der Waals surface area contributed by atoms with E-state index in [0.717, 1.165) is 35.6 Å². The summed E-state index contributed by atoms with van der Waals surface area (Å²) in [5.74, 6) is 1.74. The number of nitrogens with zero attached hydrogens (tertiary/aromatic N) is 1. The van der Waals surface area contributed by atoms with Gasteiger partial charge in [-0.2, -0.15) is 0 Å². The minimum atomic E-state index is 0.851. The third kappa shape index (κ3) is 3.76. The third-order valence-electron chi connectivity index (χ3n) is 3.77. The lowest BCUT2D eigenvalue weighted by molar-refractivity contribution is 0.411. The smallest absolute Gasteiger partial charge is 0.134 e. The number of halogens is 1. The van der Waals surface area contributed by atoms with Crippen LogP contribution in [-0.2, 0) is 6.54 Å². The molecule has 0 saturated carbocycles. The molecule has 0 aromatic heterocycles. The van der Waals surface area contributed by atoms with Gasteiger partial charge in [-0.3, -0.25) is 4.72 Å². The third-order valence-corrected chi connectivity index (χ3v) is 5.29. The normalized spacial score (nSPS) is 14.1. The zero-order valence-electron chi connectivity index (χ0n) is 13.1. The monoisotopic (exact) mass is 394 g/mol. The average molecular weight is 395 g/mol. The van der Waals surface area contributed by atoms with Gasteiger partial charge in [-0.25, -0.2) is 0 Å². The highest BCUT2D eigenvalue weighted by Gasteiger charge is 2.18. The van der Waals surface area contributed by atoms with Gasteiger partial charge in [0.25, 0.3) is 0 Å². The van der Waals surface area contributed by atoms with Crippen LogP contribution in [-0.4, -0.2) is 27.3 Å². The van der Waals surface area contributed by atoms with Crippen LogP contribution in [0.3, 0.4) is 0 Å². The molecule has 0 aliphatic carbocycles. The van der Waals surface area contributed by atoms with Crippen molar-refractivity contribution in [2.45, 2.75) is 11.4 Å². The SMILES string of the molecule is COc1ccc(CN2CCNSc3cc(OC)c(Br)cc32)cc1. The van der Waals surface area contributed by atoms with Crippen molar-refractivity contribution < 1.29 is 9.47 Å². The number of benzene rings is 2. The molecule has 23 heavy (non-hydrogen) atoms. The molecule has 1 N–H and O–H groups in total. The highest BCUT2D eigenvalue weighted by molar-refractivity contribution is 9.10. The van der Waals surface area contributed by atoms with Crippen molar-refractivity contribution in [1.82, 2.24) is 4.72 Å². The van der Waals surface area contributed by atoms with Crippen LogP contribution in [0.5, 0.6) is 11.5 Å². The van der Waals surface area contributed by atoms with Crippen LogP contribution in [0.25, 0.3) is 0 Å². The van der Waals surface area contributed by atoms with E-state index in [2.05, 4.69) is 49.8 Å². The molecule has 0 atom stereocenters. The zero-order valence-corrected chi connectivity index (χ0v) is 15.5. The van der Waals surface area contributed by atoms with E-state index in [1.165, 1.54) is 16.1 Å². The maximum atomic E-state index is 5.41. The fraction of sp³-hybridized carbons (Fsp3) is 0.294. The molecule has 1 heterocycles. The summed E-state index contributed by atoms with van der Waals surface area (Å²) in [4.78, 5) is 3.56.